The number of rotatable bonds is 3. The van der Waals surface area contributed by atoms with Gasteiger partial charge >= 0.3 is 0 Å². The Balaban J connectivity index is 2.09. The van der Waals surface area contributed by atoms with E-state index in [9.17, 15) is 9.90 Å². The summed E-state index contributed by atoms with van der Waals surface area (Å²) in [6.07, 6.45) is 0.982. The molecule has 1 aromatic rings. The van der Waals surface area contributed by atoms with Crippen LogP contribution in [0.25, 0.3) is 0 Å². The predicted molar refractivity (Wildman–Crippen MR) is 64.3 cm³/mol. The van der Waals surface area contributed by atoms with Gasteiger partial charge in [0.15, 0.2) is 0 Å². The minimum absolute atomic E-state index is 0.0553. The third kappa shape index (κ3) is 2.35. The van der Waals surface area contributed by atoms with Gasteiger partial charge in [0.05, 0.1) is 12.7 Å². The number of benzene rings is 1. The van der Waals surface area contributed by atoms with Crippen molar-refractivity contribution < 1.29 is 14.6 Å². The van der Waals surface area contributed by atoms with Gasteiger partial charge in [-0.25, -0.2) is 0 Å². The van der Waals surface area contributed by atoms with Crippen LogP contribution in [0.2, 0.25) is 0 Å². The van der Waals surface area contributed by atoms with Gasteiger partial charge in [0.2, 0.25) is 0 Å². The highest BCUT2D eigenvalue weighted by molar-refractivity contribution is 5.97. The lowest BCUT2D eigenvalue weighted by Crippen LogP contribution is -2.28. The molecule has 0 aromatic heterocycles. The standard InChI is InChI=1S/C13H17NO3/c1-13(2)7-11(13)14-12(16)9-5-4-8(17-3)6-10(9)15/h4-6,11,15H,7H2,1-3H3,(H,14,16). The van der Waals surface area contributed by atoms with Crippen molar-refractivity contribution in [1.29, 1.82) is 0 Å². The van der Waals surface area contributed by atoms with Gasteiger partial charge in [-0.15, -0.1) is 0 Å². The maximum atomic E-state index is 11.9. The Morgan fingerprint density at radius 1 is 1.53 bits per heavy atom. The van der Waals surface area contributed by atoms with Crippen molar-refractivity contribution in [3.05, 3.63) is 23.8 Å². The molecule has 1 aliphatic rings. The van der Waals surface area contributed by atoms with Crippen molar-refractivity contribution in [2.24, 2.45) is 5.41 Å². The van der Waals surface area contributed by atoms with E-state index in [0.717, 1.165) is 6.42 Å². The SMILES string of the molecule is COc1ccc(C(=O)NC2CC2(C)C)c(O)c1. The average molecular weight is 235 g/mol. The first-order chi connectivity index (χ1) is 7.94. The molecular weight excluding hydrogens is 218 g/mol. The number of phenols is 1. The summed E-state index contributed by atoms with van der Waals surface area (Å²) in [6, 6.07) is 4.87. The number of carbonyl (C=O) groups excluding carboxylic acids is 1. The molecule has 4 heteroatoms. The first kappa shape index (κ1) is 11.8. The molecule has 1 fully saturated rings. The molecule has 2 rings (SSSR count). The fourth-order valence-corrected chi connectivity index (χ4v) is 1.78. The summed E-state index contributed by atoms with van der Waals surface area (Å²) in [7, 11) is 1.52. The number of phenolic OH excluding ortho intramolecular Hbond substituents is 1. The van der Waals surface area contributed by atoms with E-state index in [-0.39, 0.29) is 28.7 Å². The van der Waals surface area contributed by atoms with Crippen LogP contribution in [0.4, 0.5) is 0 Å². The molecule has 1 aliphatic carbocycles. The lowest BCUT2D eigenvalue weighted by molar-refractivity contribution is 0.0943. The van der Waals surface area contributed by atoms with Gasteiger partial charge in [-0.05, 0) is 24.0 Å². The van der Waals surface area contributed by atoms with E-state index in [1.807, 2.05) is 0 Å². The van der Waals surface area contributed by atoms with E-state index in [1.165, 1.54) is 13.2 Å². The van der Waals surface area contributed by atoms with Gasteiger partial charge in [0, 0.05) is 12.1 Å². The zero-order chi connectivity index (χ0) is 12.6. The number of amides is 1. The number of ether oxygens (including phenoxy) is 1. The molecule has 0 aliphatic heterocycles. The molecule has 0 radical (unpaired) electrons. The molecule has 1 aromatic carbocycles. The van der Waals surface area contributed by atoms with E-state index in [1.54, 1.807) is 12.1 Å². The van der Waals surface area contributed by atoms with Crippen molar-refractivity contribution in [2.45, 2.75) is 26.3 Å². The Morgan fingerprint density at radius 2 is 2.18 bits per heavy atom. The summed E-state index contributed by atoms with van der Waals surface area (Å²) in [5.41, 5.74) is 0.464. The molecule has 1 atom stereocenters. The van der Waals surface area contributed by atoms with E-state index in [0.29, 0.717) is 5.75 Å². The summed E-state index contributed by atoms with van der Waals surface area (Å²) >= 11 is 0. The van der Waals surface area contributed by atoms with Crippen molar-refractivity contribution in [2.75, 3.05) is 7.11 Å². The molecule has 0 heterocycles. The molecule has 17 heavy (non-hydrogen) atoms. The number of hydrogen-bond donors (Lipinski definition) is 2. The lowest BCUT2D eigenvalue weighted by atomic mass is 10.1. The maximum absolute atomic E-state index is 11.9. The van der Waals surface area contributed by atoms with Gasteiger partial charge in [-0.2, -0.15) is 0 Å². The highest BCUT2D eigenvalue weighted by Crippen LogP contribution is 2.44. The van der Waals surface area contributed by atoms with Crippen LogP contribution in [0.1, 0.15) is 30.6 Å². The molecule has 1 amide bonds. The average Bonchev–Trinajstić information content (AvgIpc) is 2.85. The minimum atomic E-state index is -0.235. The lowest BCUT2D eigenvalue weighted by Gasteiger charge is -2.09. The third-order valence-electron chi connectivity index (χ3n) is 3.27. The highest BCUT2D eigenvalue weighted by Gasteiger charge is 2.46. The van der Waals surface area contributed by atoms with E-state index in [4.69, 9.17) is 4.74 Å². The Morgan fingerprint density at radius 3 is 2.65 bits per heavy atom. The van der Waals surface area contributed by atoms with Gasteiger partial charge < -0.3 is 15.2 Å². The molecule has 0 spiro atoms. The summed E-state index contributed by atoms with van der Waals surface area (Å²) in [6.45, 7) is 4.21. The summed E-state index contributed by atoms with van der Waals surface area (Å²) < 4.78 is 4.96. The van der Waals surface area contributed by atoms with Crippen LogP contribution < -0.4 is 10.1 Å². The highest BCUT2D eigenvalue weighted by atomic mass is 16.5. The molecule has 0 saturated heterocycles. The van der Waals surface area contributed by atoms with Crippen LogP contribution in [-0.2, 0) is 0 Å². The van der Waals surface area contributed by atoms with Gasteiger partial charge in [-0.3, -0.25) is 4.79 Å². The number of carbonyl (C=O) groups is 1. The zero-order valence-corrected chi connectivity index (χ0v) is 10.3. The second-order valence-corrected chi connectivity index (χ2v) is 5.10. The van der Waals surface area contributed by atoms with Crippen molar-refractivity contribution in [1.82, 2.24) is 5.32 Å². The van der Waals surface area contributed by atoms with Gasteiger partial charge in [0.25, 0.3) is 5.91 Å². The largest absolute Gasteiger partial charge is 0.507 e. The van der Waals surface area contributed by atoms with Gasteiger partial charge in [-0.1, -0.05) is 13.8 Å². The monoisotopic (exact) mass is 235 g/mol. The number of hydrogen-bond acceptors (Lipinski definition) is 3. The summed E-state index contributed by atoms with van der Waals surface area (Å²) in [5.74, 6) is 0.242. The summed E-state index contributed by atoms with van der Waals surface area (Å²) in [4.78, 5) is 11.9. The van der Waals surface area contributed by atoms with Crippen molar-refractivity contribution in [3.8, 4) is 11.5 Å². The smallest absolute Gasteiger partial charge is 0.255 e. The van der Waals surface area contributed by atoms with Crippen LogP contribution in [0.5, 0.6) is 11.5 Å². The van der Waals surface area contributed by atoms with Crippen LogP contribution in [0.15, 0.2) is 18.2 Å². The predicted octanol–water partition coefficient (Wildman–Crippen LogP) is 1.93. The fraction of sp³-hybridized carbons (Fsp3) is 0.462. The molecule has 2 N–H and O–H groups in total. The Bertz CT molecular complexity index is 454. The molecule has 92 valence electrons. The van der Waals surface area contributed by atoms with Crippen LogP contribution in [-0.4, -0.2) is 24.2 Å². The number of methoxy groups -OCH3 is 1. The van der Waals surface area contributed by atoms with Crippen molar-refractivity contribution in [3.63, 3.8) is 0 Å². The Labute approximate surface area is 101 Å². The molecule has 4 nitrogen and oxygen atoms in total. The van der Waals surface area contributed by atoms with E-state index >= 15 is 0 Å². The van der Waals surface area contributed by atoms with E-state index in [2.05, 4.69) is 19.2 Å². The van der Waals surface area contributed by atoms with Gasteiger partial charge in [0.1, 0.15) is 11.5 Å². The second-order valence-electron chi connectivity index (χ2n) is 5.10. The van der Waals surface area contributed by atoms with Crippen molar-refractivity contribution >= 4 is 5.91 Å². The van der Waals surface area contributed by atoms with E-state index < -0.39 is 0 Å². The third-order valence-corrected chi connectivity index (χ3v) is 3.27. The fourth-order valence-electron chi connectivity index (χ4n) is 1.78. The topological polar surface area (TPSA) is 58.6 Å². The Kier molecular flexibility index (Phi) is 2.73. The molecule has 1 saturated carbocycles. The number of nitrogens with one attached hydrogen (secondary N) is 1. The van der Waals surface area contributed by atoms with Crippen LogP contribution in [0.3, 0.4) is 0 Å². The first-order valence-corrected chi connectivity index (χ1v) is 5.62. The zero-order valence-electron chi connectivity index (χ0n) is 10.3. The first-order valence-electron chi connectivity index (χ1n) is 5.62. The minimum Gasteiger partial charge on any atom is -0.507 e. The van der Waals surface area contributed by atoms with Crippen LogP contribution in [0, 0.1) is 5.41 Å². The van der Waals surface area contributed by atoms with Crippen LogP contribution >= 0.6 is 0 Å². The maximum Gasteiger partial charge on any atom is 0.255 e. The Hall–Kier alpha value is -1.71. The number of aromatic hydroxyl groups is 1. The molecular formula is C13H17NO3. The second kappa shape index (κ2) is 3.95. The molecule has 0 bridgehead atoms. The summed E-state index contributed by atoms with van der Waals surface area (Å²) in [5, 5.41) is 12.6. The molecule has 1 unspecified atom stereocenters. The normalized spacial score (nSPS) is 20.8. The quantitative estimate of drug-likeness (QED) is 0.841.